The Balaban J connectivity index is 1.49. The molecule has 4 rings (SSSR count). The zero-order valence-corrected chi connectivity index (χ0v) is 13.6. The molecular weight excluding hydrogens is 306 g/mol. The maximum absolute atomic E-state index is 12.9. The molecule has 126 valence electrons. The van der Waals surface area contributed by atoms with Crippen LogP contribution in [0.5, 0.6) is 0 Å². The van der Waals surface area contributed by atoms with Crippen molar-refractivity contribution in [3.8, 4) is 0 Å². The summed E-state index contributed by atoms with van der Waals surface area (Å²) in [6.07, 6.45) is 7.14. The second kappa shape index (κ2) is 6.73. The van der Waals surface area contributed by atoms with Crippen LogP contribution in [0.3, 0.4) is 0 Å². The first kappa shape index (κ1) is 15.3. The Kier molecular flexibility index (Phi) is 4.30. The van der Waals surface area contributed by atoms with Gasteiger partial charge in [0.1, 0.15) is 6.26 Å². The lowest BCUT2D eigenvalue weighted by Crippen LogP contribution is -2.33. The number of rotatable bonds is 5. The third kappa shape index (κ3) is 3.33. The maximum Gasteiger partial charge on any atom is 0.276 e. The van der Waals surface area contributed by atoms with Crippen LogP contribution in [0.25, 0.3) is 0 Å². The van der Waals surface area contributed by atoms with E-state index in [-0.39, 0.29) is 11.8 Å². The van der Waals surface area contributed by atoms with E-state index in [1.165, 1.54) is 6.26 Å². The summed E-state index contributed by atoms with van der Waals surface area (Å²) in [5.41, 5.74) is 1.30. The van der Waals surface area contributed by atoms with E-state index in [1.54, 1.807) is 6.20 Å². The van der Waals surface area contributed by atoms with Crippen LogP contribution in [0.4, 0.5) is 0 Å². The number of ether oxygens (including phenoxy) is 1. The van der Waals surface area contributed by atoms with Gasteiger partial charge in [-0.05, 0) is 37.8 Å². The van der Waals surface area contributed by atoms with E-state index in [0.717, 1.165) is 44.6 Å². The second-order valence-corrected chi connectivity index (χ2v) is 6.44. The molecule has 24 heavy (non-hydrogen) atoms. The number of pyridine rings is 1. The van der Waals surface area contributed by atoms with E-state index < -0.39 is 0 Å². The summed E-state index contributed by atoms with van der Waals surface area (Å²) in [5, 5.41) is 0. The summed E-state index contributed by atoms with van der Waals surface area (Å²) in [6.45, 7) is 1.97. The van der Waals surface area contributed by atoms with Gasteiger partial charge in [0, 0.05) is 31.4 Å². The molecule has 2 fully saturated rings. The molecule has 1 aliphatic heterocycles. The van der Waals surface area contributed by atoms with Gasteiger partial charge in [-0.3, -0.25) is 9.78 Å². The zero-order valence-electron chi connectivity index (χ0n) is 13.6. The fourth-order valence-corrected chi connectivity index (χ4v) is 3.08. The number of hydrogen-bond acceptors (Lipinski definition) is 5. The topological polar surface area (TPSA) is 68.5 Å². The molecule has 2 aromatic rings. The van der Waals surface area contributed by atoms with Gasteiger partial charge in [-0.25, -0.2) is 4.98 Å². The molecule has 1 saturated carbocycles. The first-order chi connectivity index (χ1) is 11.8. The molecule has 0 unspecified atom stereocenters. The first-order valence-corrected chi connectivity index (χ1v) is 8.55. The van der Waals surface area contributed by atoms with Crippen LogP contribution in [0.15, 0.2) is 35.1 Å². The van der Waals surface area contributed by atoms with E-state index in [2.05, 4.69) is 9.97 Å². The third-order valence-corrected chi connectivity index (χ3v) is 4.62. The Morgan fingerprint density at radius 2 is 2.04 bits per heavy atom. The number of nitrogens with zero attached hydrogens (tertiary/aromatic N) is 3. The highest BCUT2D eigenvalue weighted by atomic mass is 16.5. The van der Waals surface area contributed by atoms with Crippen molar-refractivity contribution in [2.24, 2.45) is 0 Å². The Morgan fingerprint density at radius 1 is 1.21 bits per heavy atom. The first-order valence-electron chi connectivity index (χ1n) is 8.55. The molecule has 0 N–H and O–H groups in total. The highest BCUT2D eigenvalue weighted by Crippen LogP contribution is 2.31. The fourth-order valence-electron chi connectivity index (χ4n) is 3.08. The van der Waals surface area contributed by atoms with Crippen LogP contribution in [-0.2, 0) is 11.3 Å². The van der Waals surface area contributed by atoms with Gasteiger partial charge in [-0.2, -0.15) is 0 Å². The number of amides is 1. The highest BCUT2D eigenvalue weighted by Gasteiger charge is 2.35. The van der Waals surface area contributed by atoms with E-state index in [1.807, 2.05) is 23.1 Å². The van der Waals surface area contributed by atoms with Gasteiger partial charge in [0.15, 0.2) is 11.6 Å². The number of oxazole rings is 1. The molecule has 2 aliphatic rings. The minimum Gasteiger partial charge on any atom is -0.448 e. The fraction of sp³-hybridized carbons (Fsp3) is 0.500. The largest absolute Gasteiger partial charge is 0.448 e. The molecule has 0 spiro atoms. The molecule has 1 saturated heterocycles. The van der Waals surface area contributed by atoms with Crippen molar-refractivity contribution in [1.29, 1.82) is 0 Å². The number of aromatic nitrogens is 2. The lowest BCUT2D eigenvalue weighted by atomic mass is 10.0. The van der Waals surface area contributed by atoms with E-state index in [9.17, 15) is 4.79 Å². The summed E-state index contributed by atoms with van der Waals surface area (Å²) < 4.78 is 11.0. The van der Waals surface area contributed by atoms with Crippen molar-refractivity contribution in [3.05, 3.63) is 47.9 Å². The van der Waals surface area contributed by atoms with Gasteiger partial charge in [0.25, 0.3) is 5.91 Å². The Labute approximate surface area is 140 Å². The Morgan fingerprint density at radius 3 is 2.75 bits per heavy atom. The van der Waals surface area contributed by atoms with Crippen LogP contribution in [0, 0.1) is 0 Å². The molecule has 6 nitrogen and oxygen atoms in total. The highest BCUT2D eigenvalue weighted by molar-refractivity contribution is 5.92. The predicted octanol–water partition coefficient (Wildman–Crippen LogP) is 2.77. The third-order valence-electron chi connectivity index (χ3n) is 4.62. The van der Waals surface area contributed by atoms with E-state index in [4.69, 9.17) is 9.15 Å². The summed E-state index contributed by atoms with van der Waals surface area (Å²) in [5.74, 6) is 0.853. The van der Waals surface area contributed by atoms with E-state index in [0.29, 0.717) is 24.2 Å². The summed E-state index contributed by atoms with van der Waals surface area (Å²) in [6, 6.07) is 6.06. The average Bonchev–Trinajstić information content (AvgIpc) is 3.36. The zero-order chi connectivity index (χ0) is 16.4. The minimum absolute atomic E-state index is 0.0646. The molecule has 6 heteroatoms. The van der Waals surface area contributed by atoms with Crippen LogP contribution in [0.1, 0.15) is 53.7 Å². The van der Waals surface area contributed by atoms with Gasteiger partial charge >= 0.3 is 0 Å². The minimum atomic E-state index is -0.0646. The lowest BCUT2D eigenvalue weighted by molar-refractivity contribution is 0.0721. The Bertz CT molecular complexity index is 691. The van der Waals surface area contributed by atoms with Crippen LogP contribution >= 0.6 is 0 Å². The molecular formula is C18H21N3O3. The van der Waals surface area contributed by atoms with Gasteiger partial charge in [0.2, 0.25) is 0 Å². The second-order valence-electron chi connectivity index (χ2n) is 6.44. The Hall–Kier alpha value is -2.21. The van der Waals surface area contributed by atoms with Crippen LogP contribution in [0.2, 0.25) is 0 Å². The number of carbonyl (C=O) groups is 1. The molecule has 0 atom stereocenters. The standard InChI is InChI=1S/C18H21N3O3/c22-18(16-12-24-17(20-16)13-6-9-23-10-7-13)21(15-4-5-15)11-14-3-1-2-8-19-14/h1-3,8,12-13,15H,4-7,9-11H2. The van der Waals surface area contributed by atoms with Gasteiger partial charge in [0.05, 0.1) is 12.2 Å². The quantitative estimate of drug-likeness (QED) is 0.844. The van der Waals surface area contributed by atoms with Crippen molar-refractivity contribution < 1.29 is 13.9 Å². The lowest BCUT2D eigenvalue weighted by Gasteiger charge is -2.21. The maximum atomic E-state index is 12.9. The molecule has 1 amide bonds. The molecule has 2 aromatic heterocycles. The van der Waals surface area contributed by atoms with Crippen molar-refractivity contribution in [2.45, 2.75) is 44.2 Å². The van der Waals surface area contributed by atoms with Crippen molar-refractivity contribution >= 4 is 5.91 Å². The monoisotopic (exact) mass is 327 g/mol. The van der Waals surface area contributed by atoms with Crippen molar-refractivity contribution in [1.82, 2.24) is 14.9 Å². The summed E-state index contributed by atoms with van der Waals surface area (Å²) >= 11 is 0. The summed E-state index contributed by atoms with van der Waals surface area (Å²) in [7, 11) is 0. The van der Waals surface area contributed by atoms with Gasteiger partial charge in [-0.1, -0.05) is 6.07 Å². The molecule has 0 aromatic carbocycles. The van der Waals surface area contributed by atoms with Gasteiger partial charge in [-0.15, -0.1) is 0 Å². The number of hydrogen-bond donors (Lipinski definition) is 0. The normalized spacial score (nSPS) is 18.5. The van der Waals surface area contributed by atoms with E-state index >= 15 is 0 Å². The molecule has 0 radical (unpaired) electrons. The molecule has 3 heterocycles. The summed E-state index contributed by atoms with van der Waals surface area (Å²) in [4.78, 5) is 23.6. The van der Waals surface area contributed by atoms with Gasteiger partial charge < -0.3 is 14.1 Å². The van der Waals surface area contributed by atoms with Crippen LogP contribution in [-0.4, -0.2) is 40.0 Å². The van der Waals surface area contributed by atoms with Crippen LogP contribution < -0.4 is 0 Å². The number of carbonyl (C=O) groups excluding carboxylic acids is 1. The molecule has 1 aliphatic carbocycles. The van der Waals surface area contributed by atoms with Crippen molar-refractivity contribution in [3.63, 3.8) is 0 Å². The SMILES string of the molecule is O=C(c1coc(C2CCOCC2)n1)N(Cc1ccccn1)C1CC1. The average molecular weight is 327 g/mol. The molecule has 0 bridgehead atoms. The smallest absolute Gasteiger partial charge is 0.276 e. The van der Waals surface area contributed by atoms with Crippen molar-refractivity contribution in [2.75, 3.05) is 13.2 Å². The predicted molar refractivity (Wildman–Crippen MR) is 86.4 cm³/mol.